The largest absolute Gasteiger partial charge is 0.389 e. The zero-order valence-electron chi connectivity index (χ0n) is 11.6. The second-order valence-corrected chi connectivity index (χ2v) is 5.70. The first-order valence-electron chi connectivity index (χ1n) is 6.76. The molecule has 0 aromatic carbocycles. The van der Waals surface area contributed by atoms with Crippen LogP contribution < -0.4 is 5.32 Å². The van der Waals surface area contributed by atoms with Crippen molar-refractivity contribution in [3.8, 4) is 0 Å². The van der Waals surface area contributed by atoms with Gasteiger partial charge in [-0.15, -0.1) is 0 Å². The van der Waals surface area contributed by atoms with Gasteiger partial charge in [0.05, 0.1) is 0 Å². The molecule has 1 N–H and O–H groups in total. The Hall–Kier alpha value is -0.290. The molecule has 1 saturated heterocycles. The first kappa shape index (κ1) is 15.8. The van der Waals surface area contributed by atoms with E-state index in [1.807, 2.05) is 0 Å². The second-order valence-electron chi connectivity index (χ2n) is 5.70. The highest BCUT2D eigenvalue weighted by Crippen LogP contribution is 2.29. The summed E-state index contributed by atoms with van der Waals surface area (Å²) in [4.78, 5) is 2.33. The Morgan fingerprint density at radius 2 is 1.67 bits per heavy atom. The van der Waals surface area contributed by atoms with Crippen LogP contribution in [0, 0.1) is 0 Å². The molecule has 1 aliphatic heterocycles. The molecular formula is C13H25F3N2. The molecule has 1 heterocycles. The third-order valence-electron chi connectivity index (χ3n) is 4.09. The summed E-state index contributed by atoms with van der Waals surface area (Å²) in [6, 6.07) is -0.128. The maximum absolute atomic E-state index is 12.3. The van der Waals surface area contributed by atoms with Crippen molar-refractivity contribution in [2.24, 2.45) is 0 Å². The standard InChI is InChI=1S/C13H25F3N2/c1-12(2,18-9-5-4-6-10-18)11(17-3)7-8-13(14,15)16/h11,17H,4-10H2,1-3H3. The Balaban J connectivity index is 2.60. The lowest BCUT2D eigenvalue weighted by atomic mass is 9.87. The van der Waals surface area contributed by atoms with E-state index < -0.39 is 12.6 Å². The van der Waals surface area contributed by atoms with E-state index in [9.17, 15) is 13.2 Å². The molecule has 1 fully saturated rings. The van der Waals surface area contributed by atoms with E-state index in [2.05, 4.69) is 24.1 Å². The van der Waals surface area contributed by atoms with E-state index in [-0.39, 0.29) is 18.0 Å². The van der Waals surface area contributed by atoms with E-state index >= 15 is 0 Å². The summed E-state index contributed by atoms with van der Waals surface area (Å²) in [5.74, 6) is 0. The van der Waals surface area contributed by atoms with Gasteiger partial charge >= 0.3 is 6.18 Å². The van der Waals surface area contributed by atoms with Gasteiger partial charge in [-0.25, -0.2) is 0 Å². The molecule has 1 rings (SSSR count). The summed E-state index contributed by atoms with van der Waals surface area (Å²) in [7, 11) is 1.76. The molecule has 0 aromatic rings. The van der Waals surface area contributed by atoms with Crippen molar-refractivity contribution in [3.05, 3.63) is 0 Å². The summed E-state index contributed by atoms with van der Waals surface area (Å²) < 4.78 is 37.0. The van der Waals surface area contributed by atoms with Crippen molar-refractivity contribution < 1.29 is 13.2 Å². The molecule has 1 aliphatic rings. The lowest BCUT2D eigenvalue weighted by Gasteiger charge is -2.46. The highest BCUT2D eigenvalue weighted by Gasteiger charge is 2.37. The van der Waals surface area contributed by atoms with Crippen LogP contribution in [-0.4, -0.2) is 42.8 Å². The van der Waals surface area contributed by atoms with Gasteiger partial charge in [-0.05, 0) is 53.2 Å². The summed E-state index contributed by atoms with van der Waals surface area (Å²) in [6.07, 6.45) is -1.09. The van der Waals surface area contributed by atoms with Crippen LogP contribution in [0.15, 0.2) is 0 Å². The number of piperidine rings is 1. The van der Waals surface area contributed by atoms with Crippen molar-refractivity contribution in [1.29, 1.82) is 0 Å². The molecule has 2 nitrogen and oxygen atoms in total. The van der Waals surface area contributed by atoms with E-state index in [1.54, 1.807) is 7.05 Å². The highest BCUT2D eigenvalue weighted by molar-refractivity contribution is 4.94. The SMILES string of the molecule is CNC(CCC(F)(F)F)C(C)(C)N1CCCCC1. The average Bonchev–Trinajstić information content (AvgIpc) is 2.29. The molecular weight excluding hydrogens is 241 g/mol. The van der Waals surface area contributed by atoms with Gasteiger partial charge in [-0.1, -0.05) is 6.42 Å². The summed E-state index contributed by atoms with van der Waals surface area (Å²) >= 11 is 0. The van der Waals surface area contributed by atoms with Gasteiger partial charge < -0.3 is 5.32 Å². The van der Waals surface area contributed by atoms with Crippen molar-refractivity contribution in [2.75, 3.05) is 20.1 Å². The van der Waals surface area contributed by atoms with Gasteiger partial charge in [-0.3, -0.25) is 4.90 Å². The topological polar surface area (TPSA) is 15.3 Å². The van der Waals surface area contributed by atoms with Gasteiger partial charge in [0.15, 0.2) is 0 Å². The number of nitrogens with zero attached hydrogens (tertiary/aromatic N) is 1. The molecule has 1 atom stereocenters. The molecule has 108 valence electrons. The van der Waals surface area contributed by atoms with Crippen molar-refractivity contribution in [1.82, 2.24) is 10.2 Å². The number of likely N-dealkylation sites (tertiary alicyclic amines) is 1. The summed E-state index contributed by atoms with van der Waals surface area (Å²) in [5, 5.41) is 3.07. The zero-order valence-corrected chi connectivity index (χ0v) is 11.6. The van der Waals surface area contributed by atoms with E-state index in [0.717, 1.165) is 25.9 Å². The number of nitrogens with one attached hydrogen (secondary N) is 1. The number of rotatable bonds is 5. The zero-order chi connectivity index (χ0) is 13.8. The molecule has 0 bridgehead atoms. The van der Waals surface area contributed by atoms with Crippen LogP contribution >= 0.6 is 0 Å². The molecule has 5 heteroatoms. The van der Waals surface area contributed by atoms with Crippen LogP contribution in [0.4, 0.5) is 13.2 Å². The Kier molecular flexibility index (Phi) is 5.46. The third kappa shape index (κ3) is 4.43. The molecule has 0 radical (unpaired) electrons. The molecule has 18 heavy (non-hydrogen) atoms. The maximum Gasteiger partial charge on any atom is 0.389 e. The first-order chi connectivity index (χ1) is 8.27. The number of halogens is 3. The van der Waals surface area contributed by atoms with Crippen molar-refractivity contribution in [3.63, 3.8) is 0 Å². The molecule has 0 spiro atoms. The number of likely N-dealkylation sites (N-methyl/N-ethyl adjacent to an activating group) is 1. The van der Waals surface area contributed by atoms with Gasteiger partial charge in [-0.2, -0.15) is 13.2 Å². The van der Waals surface area contributed by atoms with Gasteiger partial charge in [0.25, 0.3) is 0 Å². The monoisotopic (exact) mass is 266 g/mol. The summed E-state index contributed by atoms with van der Waals surface area (Å²) in [5.41, 5.74) is -0.222. The van der Waals surface area contributed by atoms with Crippen LogP contribution in [0.25, 0.3) is 0 Å². The second kappa shape index (κ2) is 6.24. The lowest BCUT2D eigenvalue weighted by Crippen LogP contribution is -2.58. The summed E-state index contributed by atoms with van der Waals surface area (Å²) in [6.45, 7) is 6.10. The van der Waals surface area contributed by atoms with E-state index in [1.165, 1.54) is 6.42 Å². The number of hydrogen-bond donors (Lipinski definition) is 1. The number of hydrogen-bond acceptors (Lipinski definition) is 2. The fourth-order valence-electron chi connectivity index (χ4n) is 2.85. The maximum atomic E-state index is 12.3. The Morgan fingerprint density at radius 1 is 1.11 bits per heavy atom. The minimum Gasteiger partial charge on any atom is -0.315 e. The fraction of sp³-hybridized carbons (Fsp3) is 1.00. The molecule has 0 saturated carbocycles. The van der Waals surface area contributed by atoms with Gasteiger partial charge in [0, 0.05) is 18.0 Å². The van der Waals surface area contributed by atoms with Crippen LogP contribution in [-0.2, 0) is 0 Å². The smallest absolute Gasteiger partial charge is 0.315 e. The molecule has 0 amide bonds. The van der Waals surface area contributed by atoms with Gasteiger partial charge in [0.2, 0.25) is 0 Å². The van der Waals surface area contributed by atoms with E-state index in [4.69, 9.17) is 0 Å². The normalized spacial score (nSPS) is 21.0. The lowest BCUT2D eigenvalue weighted by molar-refractivity contribution is -0.138. The molecule has 0 aliphatic carbocycles. The van der Waals surface area contributed by atoms with Gasteiger partial charge in [0.1, 0.15) is 0 Å². The Labute approximate surface area is 108 Å². The quantitative estimate of drug-likeness (QED) is 0.822. The highest BCUT2D eigenvalue weighted by atomic mass is 19.4. The predicted molar refractivity (Wildman–Crippen MR) is 67.6 cm³/mol. The minimum atomic E-state index is -4.06. The van der Waals surface area contributed by atoms with Crippen molar-refractivity contribution >= 4 is 0 Å². The number of alkyl halides is 3. The van der Waals surface area contributed by atoms with Crippen LogP contribution in [0.3, 0.4) is 0 Å². The Morgan fingerprint density at radius 3 is 2.11 bits per heavy atom. The minimum absolute atomic E-state index is 0.128. The third-order valence-corrected chi connectivity index (χ3v) is 4.09. The van der Waals surface area contributed by atoms with Crippen LogP contribution in [0.2, 0.25) is 0 Å². The van der Waals surface area contributed by atoms with Crippen LogP contribution in [0.1, 0.15) is 46.0 Å². The van der Waals surface area contributed by atoms with Crippen molar-refractivity contribution in [2.45, 2.75) is 63.7 Å². The fourth-order valence-corrected chi connectivity index (χ4v) is 2.85. The molecule has 1 unspecified atom stereocenters. The first-order valence-corrected chi connectivity index (χ1v) is 6.76. The van der Waals surface area contributed by atoms with E-state index in [0.29, 0.717) is 0 Å². The van der Waals surface area contributed by atoms with Crippen LogP contribution in [0.5, 0.6) is 0 Å². The predicted octanol–water partition coefficient (Wildman–Crippen LogP) is 3.18. The average molecular weight is 266 g/mol. The Bertz CT molecular complexity index is 245. The molecule has 0 aromatic heterocycles.